The van der Waals surface area contributed by atoms with Crippen molar-refractivity contribution in [3.63, 3.8) is 0 Å². The lowest BCUT2D eigenvalue weighted by Crippen LogP contribution is -2.25. The van der Waals surface area contributed by atoms with Gasteiger partial charge in [0, 0.05) is 56.0 Å². The number of anilines is 1. The standard InChI is InChI=1S/C25H26ClFN10O2/c1-14-17(6-29-25(31-14)35-8-15-5-16(15)9-35)10-36-11-19(21(32-36)12-39-2)24(38)28-7-18-22(37-13-30-33-34-37)4-3-20(26)23(18)27/h3-4,6,11,13,15-16H,5,7-10,12H2,1-2H3,(H,28,38). The Hall–Kier alpha value is -3.97. The third-order valence-electron chi connectivity index (χ3n) is 7.22. The lowest BCUT2D eigenvalue weighted by atomic mass is 10.1. The molecule has 1 aromatic carbocycles. The number of nitrogens with zero attached hydrogens (tertiary/aromatic N) is 9. The van der Waals surface area contributed by atoms with Crippen LogP contribution in [0.2, 0.25) is 5.02 Å². The Labute approximate surface area is 228 Å². The molecule has 0 spiro atoms. The van der Waals surface area contributed by atoms with Gasteiger partial charge in [0.25, 0.3) is 5.91 Å². The van der Waals surface area contributed by atoms with Gasteiger partial charge in [-0.25, -0.2) is 19.0 Å². The molecule has 2 unspecified atom stereocenters. The number of ether oxygens (including phenoxy) is 1. The predicted octanol–water partition coefficient (Wildman–Crippen LogP) is 2.33. The van der Waals surface area contributed by atoms with E-state index in [-0.39, 0.29) is 23.7 Å². The van der Waals surface area contributed by atoms with Gasteiger partial charge in [-0.15, -0.1) is 5.10 Å². The summed E-state index contributed by atoms with van der Waals surface area (Å²) in [5.41, 5.74) is 3.03. The zero-order valence-corrected chi connectivity index (χ0v) is 22.1. The van der Waals surface area contributed by atoms with E-state index in [1.165, 1.54) is 30.6 Å². The van der Waals surface area contributed by atoms with Gasteiger partial charge in [0.15, 0.2) is 0 Å². The molecular weight excluding hydrogens is 527 g/mol. The van der Waals surface area contributed by atoms with E-state index in [0.717, 1.165) is 42.1 Å². The van der Waals surface area contributed by atoms with Crippen molar-refractivity contribution < 1.29 is 13.9 Å². The van der Waals surface area contributed by atoms with Crippen LogP contribution in [-0.4, -0.2) is 66.1 Å². The second kappa shape index (κ2) is 10.3. The number of aromatic nitrogens is 8. The zero-order valence-electron chi connectivity index (χ0n) is 21.4. The maximum absolute atomic E-state index is 14.9. The number of piperidine rings is 1. The van der Waals surface area contributed by atoms with Gasteiger partial charge < -0.3 is 15.0 Å². The van der Waals surface area contributed by atoms with Crippen molar-refractivity contribution in [1.82, 2.24) is 45.3 Å². The van der Waals surface area contributed by atoms with Crippen LogP contribution in [0.4, 0.5) is 10.3 Å². The van der Waals surface area contributed by atoms with Gasteiger partial charge in [-0.3, -0.25) is 9.48 Å². The molecule has 4 aromatic rings. The maximum Gasteiger partial charge on any atom is 0.255 e. The highest BCUT2D eigenvalue weighted by Crippen LogP contribution is 2.45. The van der Waals surface area contributed by atoms with E-state index in [1.54, 1.807) is 16.9 Å². The number of tetrazole rings is 1. The lowest BCUT2D eigenvalue weighted by Gasteiger charge is -2.18. The van der Waals surface area contributed by atoms with Gasteiger partial charge >= 0.3 is 0 Å². The predicted molar refractivity (Wildman–Crippen MR) is 138 cm³/mol. The van der Waals surface area contributed by atoms with E-state index in [1.807, 2.05) is 13.1 Å². The van der Waals surface area contributed by atoms with Crippen LogP contribution in [0.1, 0.15) is 39.3 Å². The van der Waals surface area contributed by atoms with Crippen LogP contribution in [0.3, 0.4) is 0 Å². The normalized spacial score (nSPS) is 17.9. The van der Waals surface area contributed by atoms with E-state index in [9.17, 15) is 9.18 Å². The van der Waals surface area contributed by atoms with Crippen molar-refractivity contribution in [2.75, 3.05) is 25.1 Å². The van der Waals surface area contributed by atoms with Crippen molar-refractivity contribution >= 4 is 23.5 Å². The average molecular weight is 553 g/mol. The van der Waals surface area contributed by atoms with Gasteiger partial charge in [-0.2, -0.15) is 5.10 Å². The summed E-state index contributed by atoms with van der Waals surface area (Å²) in [6.07, 6.45) is 6.12. The summed E-state index contributed by atoms with van der Waals surface area (Å²) >= 11 is 6.00. The van der Waals surface area contributed by atoms with Crippen molar-refractivity contribution in [2.45, 2.75) is 33.0 Å². The Morgan fingerprint density at radius 2 is 2.10 bits per heavy atom. The first-order valence-electron chi connectivity index (χ1n) is 12.5. The second-order valence-electron chi connectivity index (χ2n) is 9.86. The maximum atomic E-state index is 14.9. The molecule has 6 rings (SSSR count). The molecule has 1 saturated heterocycles. The third kappa shape index (κ3) is 5.06. The molecule has 0 radical (unpaired) electrons. The number of nitrogens with one attached hydrogen (secondary N) is 1. The van der Waals surface area contributed by atoms with Crippen LogP contribution < -0.4 is 10.2 Å². The molecule has 2 fully saturated rings. The summed E-state index contributed by atoms with van der Waals surface area (Å²) in [6, 6.07) is 2.99. The first-order chi connectivity index (χ1) is 18.9. The van der Waals surface area contributed by atoms with E-state index in [4.69, 9.17) is 21.3 Å². The summed E-state index contributed by atoms with van der Waals surface area (Å²) in [7, 11) is 1.53. The minimum Gasteiger partial charge on any atom is -0.378 e. The molecule has 1 saturated carbocycles. The van der Waals surface area contributed by atoms with Crippen LogP contribution in [0.25, 0.3) is 5.69 Å². The lowest BCUT2D eigenvalue weighted by molar-refractivity contribution is 0.0945. The van der Waals surface area contributed by atoms with Crippen LogP contribution >= 0.6 is 11.6 Å². The number of aryl methyl sites for hydroxylation is 1. The first kappa shape index (κ1) is 25.3. The van der Waals surface area contributed by atoms with Crippen molar-refractivity contribution in [3.8, 4) is 5.69 Å². The second-order valence-corrected chi connectivity index (χ2v) is 10.3. The third-order valence-corrected chi connectivity index (χ3v) is 7.51. The summed E-state index contributed by atoms with van der Waals surface area (Å²) in [6.45, 7) is 4.36. The van der Waals surface area contributed by atoms with E-state index in [2.05, 4.69) is 35.8 Å². The first-order valence-corrected chi connectivity index (χ1v) is 12.9. The number of carbonyl (C=O) groups excluding carboxylic acids is 1. The summed E-state index contributed by atoms with van der Waals surface area (Å²) < 4.78 is 23.2. The fourth-order valence-electron chi connectivity index (χ4n) is 5.00. The average Bonchev–Trinajstić information content (AvgIpc) is 3.33. The molecule has 1 amide bonds. The molecule has 1 aliphatic heterocycles. The molecule has 3 aromatic heterocycles. The molecule has 1 N–H and O–H groups in total. The Kier molecular flexibility index (Phi) is 6.69. The minimum absolute atomic E-state index is 0.0749. The molecule has 39 heavy (non-hydrogen) atoms. The topological polar surface area (TPSA) is 129 Å². The highest BCUT2D eigenvalue weighted by atomic mass is 35.5. The quantitative estimate of drug-likeness (QED) is 0.332. The number of hydrogen-bond donors (Lipinski definition) is 1. The fraction of sp³-hybridized carbons (Fsp3) is 0.400. The Morgan fingerprint density at radius 1 is 1.28 bits per heavy atom. The van der Waals surface area contributed by atoms with E-state index >= 15 is 0 Å². The molecule has 0 bridgehead atoms. The molecule has 12 nitrogen and oxygen atoms in total. The highest BCUT2D eigenvalue weighted by Gasteiger charge is 2.45. The molecular formula is C25H26ClFN10O2. The number of rotatable bonds is 9. The summed E-state index contributed by atoms with van der Waals surface area (Å²) in [5.74, 6) is 1.25. The fourth-order valence-corrected chi connectivity index (χ4v) is 5.18. The Balaban J connectivity index is 1.19. The number of carbonyl (C=O) groups is 1. The van der Waals surface area contributed by atoms with E-state index < -0.39 is 11.7 Å². The van der Waals surface area contributed by atoms with Crippen molar-refractivity contribution in [1.29, 1.82) is 0 Å². The molecule has 4 heterocycles. The van der Waals surface area contributed by atoms with Gasteiger partial charge in [0.05, 0.1) is 29.4 Å². The van der Waals surface area contributed by atoms with Gasteiger partial charge in [-0.1, -0.05) is 11.6 Å². The Morgan fingerprint density at radius 3 is 2.82 bits per heavy atom. The van der Waals surface area contributed by atoms with Crippen LogP contribution in [0.5, 0.6) is 0 Å². The molecule has 1 aliphatic carbocycles. The number of benzene rings is 1. The number of methoxy groups -OCH3 is 1. The smallest absolute Gasteiger partial charge is 0.255 e. The highest BCUT2D eigenvalue weighted by molar-refractivity contribution is 6.30. The van der Waals surface area contributed by atoms with Crippen LogP contribution in [0.15, 0.2) is 30.9 Å². The Bertz CT molecular complexity index is 1520. The van der Waals surface area contributed by atoms with Crippen LogP contribution in [0, 0.1) is 24.6 Å². The summed E-state index contributed by atoms with van der Waals surface area (Å²) in [4.78, 5) is 24.8. The molecule has 2 aliphatic rings. The zero-order chi connectivity index (χ0) is 27.1. The number of hydrogen-bond acceptors (Lipinski definition) is 9. The van der Waals surface area contributed by atoms with Crippen molar-refractivity contribution in [3.05, 3.63) is 69.8 Å². The van der Waals surface area contributed by atoms with Gasteiger partial charge in [-0.05, 0) is 47.7 Å². The monoisotopic (exact) mass is 552 g/mol. The van der Waals surface area contributed by atoms with Gasteiger partial charge in [0.1, 0.15) is 17.8 Å². The van der Waals surface area contributed by atoms with Crippen molar-refractivity contribution in [2.24, 2.45) is 11.8 Å². The molecule has 202 valence electrons. The summed E-state index contributed by atoms with van der Waals surface area (Å²) in [5, 5.41) is 18.2. The number of halogens is 2. The minimum atomic E-state index is -0.664. The molecule has 2 atom stereocenters. The largest absolute Gasteiger partial charge is 0.378 e. The van der Waals surface area contributed by atoms with Crippen LogP contribution in [-0.2, 0) is 24.4 Å². The van der Waals surface area contributed by atoms with Gasteiger partial charge in [0.2, 0.25) is 5.95 Å². The number of fused-ring (bicyclic) bond motifs is 1. The number of amides is 1. The van der Waals surface area contributed by atoms with E-state index in [0.29, 0.717) is 23.5 Å². The molecule has 14 heteroatoms. The SMILES string of the molecule is COCc1nn(Cc2cnc(N3CC4CC4C3)nc2C)cc1C(=O)NCc1c(-n2cnnn2)ccc(Cl)c1F.